The first-order chi connectivity index (χ1) is 18.4. The molecule has 1 amide bonds. The maximum Gasteiger partial charge on any atom is 0.274 e. The summed E-state index contributed by atoms with van der Waals surface area (Å²) in [6, 6.07) is 17.5. The Kier molecular flexibility index (Phi) is 5.98. The lowest BCUT2D eigenvalue weighted by Crippen LogP contribution is -2.56. The van der Waals surface area contributed by atoms with E-state index < -0.39 is 5.54 Å². The average molecular weight is 514 g/mol. The fourth-order valence-electron chi connectivity index (χ4n) is 5.59. The van der Waals surface area contributed by atoms with Crippen molar-refractivity contribution < 1.29 is 18.4 Å². The van der Waals surface area contributed by atoms with E-state index in [9.17, 15) is 18.4 Å². The molecule has 0 unspecified atom stereocenters. The minimum atomic E-state index is -0.690. The molecular weight excluding hydrogens is 488 g/mol. The van der Waals surface area contributed by atoms with Gasteiger partial charge < -0.3 is 9.80 Å². The maximum atomic E-state index is 13.6. The van der Waals surface area contributed by atoms with E-state index in [0.717, 1.165) is 11.3 Å². The quantitative estimate of drug-likeness (QED) is 0.397. The highest BCUT2D eigenvalue weighted by Crippen LogP contribution is 2.39. The molecule has 38 heavy (non-hydrogen) atoms. The lowest BCUT2D eigenvalue weighted by molar-refractivity contribution is -0.123. The van der Waals surface area contributed by atoms with E-state index in [2.05, 4.69) is 15.0 Å². The zero-order valence-corrected chi connectivity index (χ0v) is 20.6. The highest BCUT2D eigenvalue weighted by Gasteiger charge is 2.50. The molecular formula is C29H25F2N5O2. The van der Waals surface area contributed by atoms with E-state index in [1.807, 2.05) is 12.1 Å². The molecule has 2 fully saturated rings. The average Bonchev–Trinajstić information content (AvgIpc) is 3.52. The van der Waals surface area contributed by atoms with Crippen molar-refractivity contribution in [3.8, 4) is 16.9 Å². The SMILES string of the molecule is O=C(c1cc(-c2ccncc2)n(-c2ccc(F)cc2)n1)N1CCC2(CC1)C(=O)CCN2c1ccc(F)cc1. The summed E-state index contributed by atoms with van der Waals surface area (Å²) >= 11 is 0. The van der Waals surface area contributed by atoms with Crippen LogP contribution in [0.2, 0.25) is 0 Å². The number of piperidine rings is 1. The van der Waals surface area contributed by atoms with Crippen molar-refractivity contribution in [3.05, 3.63) is 96.5 Å². The monoisotopic (exact) mass is 513 g/mol. The molecule has 9 heteroatoms. The number of halogens is 2. The molecule has 0 aliphatic carbocycles. The first-order valence-corrected chi connectivity index (χ1v) is 12.6. The van der Waals surface area contributed by atoms with Crippen LogP contribution in [-0.2, 0) is 4.79 Å². The Morgan fingerprint density at radius 2 is 1.42 bits per heavy atom. The number of Topliss-reactive ketones (excluding diaryl/α,β-unsaturated/α-hetero) is 1. The smallest absolute Gasteiger partial charge is 0.274 e. The van der Waals surface area contributed by atoms with Gasteiger partial charge in [0.25, 0.3) is 5.91 Å². The number of anilines is 1. The zero-order valence-electron chi connectivity index (χ0n) is 20.6. The van der Waals surface area contributed by atoms with Crippen molar-refractivity contribution in [1.82, 2.24) is 19.7 Å². The Morgan fingerprint density at radius 3 is 2.05 bits per heavy atom. The Balaban J connectivity index is 1.26. The standard InChI is InChI=1S/C29H25F2N5O2/c30-21-1-5-23(6-2-21)35-16-11-27(37)29(35)12-17-34(18-13-29)28(38)25-19-26(20-9-14-32-15-10-20)36(33-25)24-7-3-22(31)4-8-24/h1-10,14-15,19H,11-13,16-18H2. The van der Waals surface area contributed by atoms with Gasteiger partial charge in [0.15, 0.2) is 11.5 Å². The minimum absolute atomic E-state index is 0.162. The van der Waals surface area contributed by atoms with Crippen LogP contribution in [0.5, 0.6) is 0 Å². The van der Waals surface area contributed by atoms with Crippen molar-refractivity contribution >= 4 is 17.4 Å². The van der Waals surface area contributed by atoms with Crippen LogP contribution in [0.25, 0.3) is 16.9 Å². The summed E-state index contributed by atoms with van der Waals surface area (Å²) in [5.41, 5.74) is 2.53. The molecule has 2 aliphatic heterocycles. The zero-order chi connectivity index (χ0) is 26.3. The second-order valence-electron chi connectivity index (χ2n) is 9.66. The van der Waals surface area contributed by atoms with Gasteiger partial charge in [-0.15, -0.1) is 0 Å². The second-order valence-corrected chi connectivity index (χ2v) is 9.66. The van der Waals surface area contributed by atoms with Gasteiger partial charge >= 0.3 is 0 Å². The number of carbonyl (C=O) groups is 2. The van der Waals surface area contributed by atoms with Gasteiger partial charge in [-0.25, -0.2) is 13.5 Å². The van der Waals surface area contributed by atoms with Crippen molar-refractivity contribution in [3.63, 3.8) is 0 Å². The fourth-order valence-corrected chi connectivity index (χ4v) is 5.59. The number of carbonyl (C=O) groups excluding carboxylic acids is 2. The molecule has 0 radical (unpaired) electrons. The molecule has 2 aromatic heterocycles. The van der Waals surface area contributed by atoms with Crippen LogP contribution in [0.15, 0.2) is 79.1 Å². The van der Waals surface area contributed by atoms with E-state index >= 15 is 0 Å². The number of hydrogen-bond acceptors (Lipinski definition) is 5. The highest BCUT2D eigenvalue weighted by atomic mass is 19.1. The Morgan fingerprint density at radius 1 is 0.816 bits per heavy atom. The largest absolute Gasteiger partial charge is 0.358 e. The van der Waals surface area contributed by atoms with Crippen molar-refractivity contribution in [2.75, 3.05) is 24.5 Å². The summed E-state index contributed by atoms with van der Waals surface area (Å²) in [4.78, 5) is 34.5. The van der Waals surface area contributed by atoms with Crippen LogP contribution in [-0.4, -0.2) is 56.5 Å². The first-order valence-electron chi connectivity index (χ1n) is 12.6. The van der Waals surface area contributed by atoms with Gasteiger partial charge in [-0.1, -0.05) is 0 Å². The number of nitrogens with zero attached hydrogens (tertiary/aromatic N) is 5. The summed E-state index contributed by atoms with van der Waals surface area (Å²) in [6.45, 7) is 1.38. The van der Waals surface area contributed by atoms with Crippen LogP contribution < -0.4 is 4.90 Å². The molecule has 0 bridgehead atoms. The summed E-state index contributed by atoms with van der Waals surface area (Å²) in [5, 5.41) is 4.61. The minimum Gasteiger partial charge on any atom is -0.358 e. The summed E-state index contributed by atoms with van der Waals surface area (Å²) < 4.78 is 28.7. The third kappa shape index (κ3) is 4.13. The first kappa shape index (κ1) is 24.0. The van der Waals surface area contributed by atoms with Gasteiger partial charge in [-0.2, -0.15) is 5.10 Å². The van der Waals surface area contributed by atoms with E-state index in [4.69, 9.17) is 0 Å². The number of rotatable bonds is 4. The Hall–Kier alpha value is -4.40. The van der Waals surface area contributed by atoms with Crippen LogP contribution in [0.4, 0.5) is 14.5 Å². The molecule has 4 heterocycles. The van der Waals surface area contributed by atoms with Crippen LogP contribution in [0, 0.1) is 11.6 Å². The summed E-state index contributed by atoms with van der Waals surface area (Å²) in [6.07, 6.45) is 4.74. The van der Waals surface area contributed by atoms with E-state index in [1.165, 1.54) is 24.3 Å². The molecule has 0 N–H and O–H groups in total. The summed E-state index contributed by atoms with van der Waals surface area (Å²) in [5.74, 6) is -0.745. The number of likely N-dealkylation sites (tertiary alicyclic amines) is 1. The van der Waals surface area contributed by atoms with E-state index in [-0.39, 0.29) is 29.0 Å². The number of aromatic nitrogens is 3. The predicted molar refractivity (Wildman–Crippen MR) is 138 cm³/mol. The van der Waals surface area contributed by atoms with E-state index in [1.54, 1.807) is 52.3 Å². The molecule has 0 saturated carbocycles. The van der Waals surface area contributed by atoms with Gasteiger partial charge in [0.2, 0.25) is 0 Å². The lowest BCUT2D eigenvalue weighted by Gasteiger charge is -2.44. The third-order valence-corrected chi connectivity index (χ3v) is 7.59. The van der Waals surface area contributed by atoms with Crippen LogP contribution in [0.3, 0.4) is 0 Å². The highest BCUT2D eigenvalue weighted by molar-refractivity contribution is 5.97. The van der Waals surface area contributed by atoms with Gasteiger partial charge in [0.05, 0.1) is 11.4 Å². The number of amides is 1. The molecule has 4 aromatic rings. The van der Waals surface area contributed by atoms with Crippen molar-refractivity contribution in [1.29, 1.82) is 0 Å². The Labute approximate surface area is 218 Å². The van der Waals surface area contributed by atoms with Crippen LogP contribution in [0.1, 0.15) is 29.8 Å². The van der Waals surface area contributed by atoms with Crippen molar-refractivity contribution in [2.45, 2.75) is 24.8 Å². The second kappa shape index (κ2) is 9.48. The number of hydrogen-bond donors (Lipinski definition) is 0. The molecule has 192 valence electrons. The Bertz CT molecular complexity index is 1480. The van der Waals surface area contributed by atoms with Gasteiger partial charge in [-0.05, 0) is 79.6 Å². The van der Waals surface area contributed by atoms with Gasteiger partial charge in [0, 0.05) is 49.7 Å². The van der Waals surface area contributed by atoms with Gasteiger partial charge in [0.1, 0.15) is 17.2 Å². The molecule has 2 saturated heterocycles. The fraction of sp³-hybridized carbons (Fsp3) is 0.241. The number of pyridine rings is 1. The predicted octanol–water partition coefficient (Wildman–Crippen LogP) is 4.67. The topological polar surface area (TPSA) is 71.3 Å². The molecule has 1 spiro atoms. The molecule has 2 aromatic carbocycles. The maximum absolute atomic E-state index is 13.6. The van der Waals surface area contributed by atoms with Crippen LogP contribution >= 0.6 is 0 Å². The molecule has 2 aliphatic rings. The molecule has 0 atom stereocenters. The van der Waals surface area contributed by atoms with E-state index in [0.29, 0.717) is 50.3 Å². The lowest BCUT2D eigenvalue weighted by atomic mass is 9.83. The summed E-state index contributed by atoms with van der Waals surface area (Å²) in [7, 11) is 0. The van der Waals surface area contributed by atoms with Crippen molar-refractivity contribution in [2.24, 2.45) is 0 Å². The number of benzene rings is 2. The molecule has 7 nitrogen and oxygen atoms in total. The molecule has 6 rings (SSSR count). The normalized spacial score (nSPS) is 16.8. The van der Waals surface area contributed by atoms with Gasteiger partial charge in [-0.3, -0.25) is 14.6 Å². The third-order valence-electron chi connectivity index (χ3n) is 7.59. The number of ketones is 1.